The zero-order valence-electron chi connectivity index (χ0n) is 12.2. The lowest BCUT2D eigenvalue weighted by Gasteiger charge is -2.09. The predicted molar refractivity (Wildman–Crippen MR) is 84.5 cm³/mol. The molecule has 0 spiro atoms. The quantitative estimate of drug-likeness (QED) is 0.572. The molecule has 1 aromatic carbocycles. The van der Waals surface area contributed by atoms with Crippen molar-refractivity contribution < 1.29 is 4.74 Å². The van der Waals surface area contributed by atoms with Gasteiger partial charge in [-0.05, 0) is 24.6 Å². The van der Waals surface area contributed by atoms with E-state index in [4.69, 9.17) is 16.3 Å². The number of hydrogen-bond acceptors (Lipinski definition) is 2. The highest BCUT2D eigenvalue weighted by molar-refractivity contribution is 6.32. The molecule has 1 aromatic rings. The van der Waals surface area contributed by atoms with Crippen molar-refractivity contribution in [3.8, 4) is 5.75 Å². The molecule has 2 nitrogen and oxygen atoms in total. The number of anilines is 1. The average Bonchev–Trinajstić information content (AvgIpc) is 2.42. The summed E-state index contributed by atoms with van der Waals surface area (Å²) in [6.45, 7) is 3.26. The summed E-state index contributed by atoms with van der Waals surface area (Å²) in [5.41, 5.74) is 1.07. The minimum absolute atomic E-state index is 0.659. The van der Waals surface area contributed by atoms with Gasteiger partial charge in [0.25, 0.3) is 0 Å². The predicted octanol–water partition coefficient (Wildman–Crippen LogP) is 5.51. The first-order chi connectivity index (χ1) is 9.27. The molecule has 0 saturated carbocycles. The van der Waals surface area contributed by atoms with Crippen LogP contribution in [0.3, 0.4) is 0 Å². The van der Waals surface area contributed by atoms with Gasteiger partial charge >= 0.3 is 0 Å². The van der Waals surface area contributed by atoms with Crippen molar-refractivity contribution in [3.63, 3.8) is 0 Å². The van der Waals surface area contributed by atoms with Gasteiger partial charge in [-0.25, -0.2) is 0 Å². The van der Waals surface area contributed by atoms with E-state index in [1.54, 1.807) is 7.11 Å². The van der Waals surface area contributed by atoms with Crippen LogP contribution >= 0.6 is 11.6 Å². The standard InChI is InChI=1S/C16H26ClNO/c1-3-4-5-6-7-8-9-12-18-14-10-11-16(19-2)15(17)13-14/h10-11,13,18H,3-9,12H2,1-2H3. The molecule has 1 rings (SSSR count). The van der Waals surface area contributed by atoms with Crippen LogP contribution in [0, 0.1) is 0 Å². The number of benzene rings is 1. The van der Waals surface area contributed by atoms with Gasteiger partial charge < -0.3 is 10.1 Å². The first kappa shape index (κ1) is 16.2. The van der Waals surface area contributed by atoms with Crippen LogP contribution in [-0.2, 0) is 0 Å². The van der Waals surface area contributed by atoms with Crippen molar-refractivity contribution in [1.29, 1.82) is 0 Å². The van der Waals surface area contributed by atoms with Crippen LogP contribution in [-0.4, -0.2) is 13.7 Å². The van der Waals surface area contributed by atoms with Crippen molar-refractivity contribution >= 4 is 17.3 Å². The molecule has 3 heteroatoms. The highest BCUT2D eigenvalue weighted by atomic mass is 35.5. The minimum Gasteiger partial charge on any atom is -0.495 e. The number of rotatable bonds is 10. The van der Waals surface area contributed by atoms with E-state index >= 15 is 0 Å². The van der Waals surface area contributed by atoms with E-state index in [0.29, 0.717) is 5.02 Å². The zero-order valence-corrected chi connectivity index (χ0v) is 12.9. The Hall–Kier alpha value is -0.890. The molecule has 0 heterocycles. The summed E-state index contributed by atoms with van der Waals surface area (Å²) in [7, 11) is 1.63. The molecule has 0 bridgehead atoms. The van der Waals surface area contributed by atoms with Gasteiger partial charge in [0.05, 0.1) is 12.1 Å². The fraction of sp³-hybridized carbons (Fsp3) is 0.625. The smallest absolute Gasteiger partial charge is 0.137 e. The van der Waals surface area contributed by atoms with E-state index in [2.05, 4.69) is 12.2 Å². The molecule has 0 unspecified atom stereocenters. The fourth-order valence-electron chi connectivity index (χ4n) is 2.09. The molecule has 0 saturated heterocycles. The zero-order chi connectivity index (χ0) is 13.9. The van der Waals surface area contributed by atoms with Crippen LogP contribution in [0.15, 0.2) is 18.2 Å². The summed E-state index contributed by atoms with van der Waals surface area (Å²) in [5.74, 6) is 0.725. The van der Waals surface area contributed by atoms with Gasteiger partial charge in [0, 0.05) is 12.2 Å². The summed E-state index contributed by atoms with van der Waals surface area (Å²) in [4.78, 5) is 0. The summed E-state index contributed by atoms with van der Waals surface area (Å²) in [5, 5.41) is 4.06. The first-order valence-corrected chi connectivity index (χ1v) is 7.73. The topological polar surface area (TPSA) is 21.3 Å². The number of nitrogens with one attached hydrogen (secondary N) is 1. The summed E-state index contributed by atoms with van der Waals surface area (Å²) >= 11 is 6.08. The van der Waals surface area contributed by atoms with Gasteiger partial charge in [-0.3, -0.25) is 0 Å². The number of methoxy groups -OCH3 is 1. The second kappa shape index (κ2) is 9.96. The molecule has 0 aromatic heterocycles. The Morgan fingerprint density at radius 2 is 1.74 bits per heavy atom. The van der Waals surface area contributed by atoms with E-state index in [1.807, 2.05) is 18.2 Å². The first-order valence-electron chi connectivity index (χ1n) is 7.35. The van der Waals surface area contributed by atoms with Gasteiger partial charge in [0.1, 0.15) is 5.75 Å². The highest BCUT2D eigenvalue weighted by Gasteiger charge is 2.00. The highest BCUT2D eigenvalue weighted by Crippen LogP contribution is 2.27. The van der Waals surface area contributed by atoms with Crippen molar-refractivity contribution in [1.82, 2.24) is 0 Å². The Morgan fingerprint density at radius 1 is 1.05 bits per heavy atom. The second-order valence-corrected chi connectivity index (χ2v) is 5.30. The average molecular weight is 284 g/mol. The molecule has 1 N–H and O–H groups in total. The molecule has 0 radical (unpaired) electrons. The van der Waals surface area contributed by atoms with Gasteiger partial charge in [-0.2, -0.15) is 0 Å². The molecular formula is C16H26ClNO. The van der Waals surface area contributed by atoms with Gasteiger partial charge in [0.2, 0.25) is 0 Å². The summed E-state index contributed by atoms with van der Waals surface area (Å²) in [6, 6.07) is 5.82. The maximum absolute atomic E-state index is 6.08. The molecule has 0 fully saturated rings. The fourth-order valence-corrected chi connectivity index (χ4v) is 2.35. The summed E-state index contributed by atoms with van der Waals surface area (Å²) < 4.78 is 5.13. The molecule has 0 amide bonds. The van der Waals surface area contributed by atoms with Crippen LogP contribution in [0.1, 0.15) is 51.9 Å². The molecular weight excluding hydrogens is 258 g/mol. The number of ether oxygens (including phenoxy) is 1. The third-order valence-electron chi connectivity index (χ3n) is 3.26. The summed E-state index contributed by atoms with van der Waals surface area (Å²) in [6.07, 6.45) is 9.34. The molecule has 108 valence electrons. The Morgan fingerprint density at radius 3 is 2.37 bits per heavy atom. The monoisotopic (exact) mass is 283 g/mol. The number of unbranched alkanes of at least 4 members (excludes halogenated alkanes) is 6. The lowest BCUT2D eigenvalue weighted by Crippen LogP contribution is -2.01. The third kappa shape index (κ3) is 6.72. The van der Waals surface area contributed by atoms with E-state index in [-0.39, 0.29) is 0 Å². The molecule has 19 heavy (non-hydrogen) atoms. The Bertz CT molecular complexity index is 355. The van der Waals surface area contributed by atoms with Crippen LogP contribution in [0.5, 0.6) is 5.75 Å². The van der Waals surface area contributed by atoms with Crippen molar-refractivity contribution in [2.24, 2.45) is 0 Å². The van der Waals surface area contributed by atoms with Crippen LogP contribution in [0.2, 0.25) is 5.02 Å². The third-order valence-corrected chi connectivity index (χ3v) is 3.56. The number of hydrogen-bond donors (Lipinski definition) is 1. The van der Waals surface area contributed by atoms with Crippen molar-refractivity contribution in [3.05, 3.63) is 23.2 Å². The van der Waals surface area contributed by atoms with Gasteiger partial charge in [0.15, 0.2) is 0 Å². The lowest BCUT2D eigenvalue weighted by molar-refractivity contribution is 0.415. The maximum atomic E-state index is 6.08. The molecule has 0 aliphatic carbocycles. The Labute approximate surface area is 122 Å². The lowest BCUT2D eigenvalue weighted by atomic mass is 10.1. The normalized spacial score (nSPS) is 10.5. The minimum atomic E-state index is 0.659. The Kier molecular flexibility index (Phi) is 8.48. The van der Waals surface area contributed by atoms with Crippen LogP contribution < -0.4 is 10.1 Å². The second-order valence-electron chi connectivity index (χ2n) is 4.90. The van der Waals surface area contributed by atoms with Gasteiger partial charge in [-0.15, -0.1) is 0 Å². The maximum Gasteiger partial charge on any atom is 0.137 e. The van der Waals surface area contributed by atoms with E-state index in [1.165, 1.54) is 44.9 Å². The number of halogens is 1. The van der Waals surface area contributed by atoms with Crippen LogP contribution in [0.4, 0.5) is 5.69 Å². The van der Waals surface area contributed by atoms with Crippen molar-refractivity contribution in [2.45, 2.75) is 51.9 Å². The Balaban J connectivity index is 2.11. The van der Waals surface area contributed by atoms with E-state index < -0.39 is 0 Å². The van der Waals surface area contributed by atoms with Gasteiger partial charge in [-0.1, -0.05) is 57.0 Å². The molecule has 0 aliphatic heterocycles. The molecule has 0 aliphatic rings. The van der Waals surface area contributed by atoms with E-state index in [0.717, 1.165) is 18.0 Å². The van der Waals surface area contributed by atoms with Crippen molar-refractivity contribution in [2.75, 3.05) is 19.0 Å². The van der Waals surface area contributed by atoms with Crippen LogP contribution in [0.25, 0.3) is 0 Å². The van der Waals surface area contributed by atoms with E-state index in [9.17, 15) is 0 Å². The largest absolute Gasteiger partial charge is 0.495 e. The SMILES string of the molecule is CCCCCCCCCNc1ccc(OC)c(Cl)c1. The molecule has 0 atom stereocenters.